The second kappa shape index (κ2) is 8.69. The van der Waals surface area contributed by atoms with E-state index in [-0.39, 0.29) is 23.9 Å². The van der Waals surface area contributed by atoms with Crippen molar-refractivity contribution in [2.45, 2.75) is 29.8 Å². The van der Waals surface area contributed by atoms with Crippen LogP contribution in [-0.2, 0) is 24.0 Å². The summed E-state index contributed by atoms with van der Waals surface area (Å²) in [6.07, 6.45) is -1.34. The van der Waals surface area contributed by atoms with Crippen LogP contribution in [-0.4, -0.2) is 54.1 Å². The van der Waals surface area contributed by atoms with Crippen LogP contribution in [0.4, 0.5) is 10.6 Å². The maximum atomic E-state index is 12.4. The topological polar surface area (TPSA) is 146 Å². The second-order valence-corrected chi connectivity index (χ2v) is 8.22. The highest BCUT2D eigenvalue weighted by atomic mass is 32.2. The zero-order valence-corrected chi connectivity index (χ0v) is 16.1. The van der Waals surface area contributed by atoms with E-state index < -0.39 is 39.6 Å². The fourth-order valence-electron chi connectivity index (χ4n) is 2.54. The van der Waals surface area contributed by atoms with Gasteiger partial charge in [-0.3, -0.25) is 9.88 Å². The molecule has 1 aliphatic heterocycles. The minimum atomic E-state index is -3.88. The van der Waals surface area contributed by atoms with Crippen molar-refractivity contribution in [1.82, 2.24) is 9.55 Å². The van der Waals surface area contributed by atoms with Gasteiger partial charge in [-0.2, -0.15) is 4.98 Å². The predicted molar refractivity (Wildman–Crippen MR) is 98.6 cm³/mol. The molecule has 0 saturated carbocycles. The van der Waals surface area contributed by atoms with E-state index in [2.05, 4.69) is 10.3 Å². The van der Waals surface area contributed by atoms with Gasteiger partial charge in [0.2, 0.25) is 15.3 Å². The molecular weight excluding hydrogens is 406 g/mol. The van der Waals surface area contributed by atoms with Crippen molar-refractivity contribution in [1.29, 1.82) is 0 Å². The Kier molecular flexibility index (Phi) is 6.27. The molecule has 0 bridgehead atoms. The number of sulfone groups is 1. The van der Waals surface area contributed by atoms with E-state index in [9.17, 15) is 18.0 Å². The molecule has 3 rings (SSSR count). The summed E-state index contributed by atoms with van der Waals surface area (Å²) in [5, 5.41) is 11.2. The Bertz CT molecular complexity index is 1020. The van der Waals surface area contributed by atoms with Gasteiger partial charge in [0.15, 0.2) is 12.5 Å². The highest BCUT2D eigenvalue weighted by Crippen LogP contribution is 2.19. The van der Waals surface area contributed by atoms with Gasteiger partial charge in [-0.1, -0.05) is 18.2 Å². The summed E-state index contributed by atoms with van der Waals surface area (Å²) in [5.41, 5.74) is -2.19. The standard InChI is InChI=1S/C17H19N3O8S/c1-11(29(24,25)12-5-3-2-4-6-12)27-17(23)19-13-7-8-20(16(22)18-13)14-10-26-15(9-21)28-14/h2-8,11,14-15,21H,9-10H2,1H3,(H,18,19,22,23). The summed E-state index contributed by atoms with van der Waals surface area (Å²) in [5.74, 6) is -0.127. The van der Waals surface area contributed by atoms with Crippen molar-refractivity contribution in [3.05, 3.63) is 53.1 Å². The lowest BCUT2D eigenvalue weighted by Crippen LogP contribution is -2.31. The lowest BCUT2D eigenvalue weighted by atomic mass is 10.4. The quantitative estimate of drug-likeness (QED) is 0.674. The molecule has 3 atom stereocenters. The zero-order valence-electron chi connectivity index (χ0n) is 15.3. The highest BCUT2D eigenvalue weighted by molar-refractivity contribution is 7.91. The molecule has 1 aromatic heterocycles. The molecule has 1 aliphatic rings. The smallest absolute Gasteiger partial charge is 0.414 e. The average Bonchev–Trinajstić information content (AvgIpc) is 3.17. The normalized spacial score (nSPS) is 20.2. The number of ether oxygens (including phenoxy) is 3. The molecule has 156 valence electrons. The third-order valence-corrected chi connectivity index (χ3v) is 5.93. The van der Waals surface area contributed by atoms with Crippen LogP contribution in [0.5, 0.6) is 0 Å². The molecule has 2 N–H and O–H groups in total. The van der Waals surface area contributed by atoms with E-state index in [1.54, 1.807) is 18.2 Å². The van der Waals surface area contributed by atoms with Crippen LogP contribution in [0.3, 0.4) is 0 Å². The van der Waals surface area contributed by atoms with Gasteiger partial charge < -0.3 is 19.3 Å². The Labute approximate surface area is 165 Å². The first kappa shape index (κ1) is 20.9. The fraction of sp³-hybridized carbons (Fsp3) is 0.353. The molecule has 1 amide bonds. The van der Waals surface area contributed by atoms with E-state index in [0.717, 1.165) is 4.57 Å². The van der Waals surface area contributed by atoms with Crippen LogP contribution in [0.15, 0.2) is 52.3 Å². The third-order valence-electron chi connectivity index (χ3n) is 4.03. The Hall–Kier alpha value is -2.80. The molecule has 11 nitrogen and oxygen atoms in total. The summed E-state index contributed by atoms with van der Waals surface area (Å²) in [7, 11) is -3.88. The summed E-state index contributed by atoms with van der Waals surface area (Å²) in [6, 6.07) is 8.88. The number of hydrogen-bond donors (Lipinski definition) is 2. The maximum Gasteiger partial charge on any atom is 0.414 e. The minimum absolute atomic E-state index is 0.0148. The first-order valence-electron chi connectivity index (χ1n) is 8.55. The third kappa shape index (κ3) is 4.79. The van der Waals surface area contributed by atoms with Gasteiger partial charge >= 0.3 is 11.8 Å². The molecule has 0 radical (unpaired) electrons. The number of aliphatic hydroxyl groups is 1. The number of carbonyl (C=O) groups is 1. The monoisotopic (exact) mass is 425 g/mol. The van der Waals surface area contributed by atoms with Gasteiger partial charge in [0.25, 0.3) is 0 Å². The van der Waals surface area contributed by atoms with E-state index in [1.807, 2.05) is 0 Å². The number of carbonyl (C=O) groups excluding carboxylic acids is 1. The molecule has 1 aromatic carbocycles. The molecule has 2 heterocycles. The van der Waals surface area contributed by atoms with Crippen LogP contribution in [0, 0.1) is 0 Å². The van der Waals surface area contributed by atoms with Gasteiger partial charge in [0, 0.05) is 6.20 Å². The number of benzene rings is 1. The maximum absolute atomic E-state index is 12.4. The first-order valence-corrected chi connectivity index (χ1v) is 10.1. The van der Waals surface area contributed by atoms with Crippen molar-refractivity contribution in [2.75, 3.05) is 18.5 Å². The predicted octanol–water partition coefficient (Wildman–Crippen LogP) is 0.475. The van der Waals surface area contributed by atoms with E-state index in [0.29, 0.717) is 0 Å². The summed E-state index contributed by atoms with van der Waals surface area (Å²) in [4.78, 5) is 27.9. The van der Waals surface area contributed by atoms with Crippen LogP contribution in [0.1, 0.15) is 13.2 Å². The van der Waals surface area contributed by atoms with E-state index in [4.69, 9.17) is 19.3 Å². The summed E-state index contributed by atoms with van der Waals surface area (Å²) in [6.45, 7) is 0.924. The van der Waals surface area contributed by atoms with Gasteiger partial charge in [-0.05, 0) is 25.1 Å². The highest BCUT2D eigenvalue weighted by Gasteiger charge is 2.28. The number of hydrogen-bond acceptors (Lipinski definition) is 9. The number of aromatic nitrogens is 2. The van der Waals surface area contributed by atoms with Crippen molar-refractivity contribution in [3.8, 4) is 0 Å². The fourth-order valence-corrected chi connectivity index (χ4v) is 3.67. The van der Waals surface area contributed by atoms with Gasteiger partial charge in [-0.25, -0.2) is 18.0 Å². The molecule has 12 heteroatoms. The minimum Gasteiger partial charge on any atom is -0.429 e. The van der Waals surface area contributed by atoms with Crippen molar-refractivity contribution >= 4 is 21.7 Å². The average molecular weight is 425 g/mol. The Morgan fingerprint density at radius 1 is 1.38 bits per heavy atom. The number of rotatable bonds is 6. The van der Waals surface area contributed by atoms with Gasteiger partial charge in [-0.15, -0.1) is 0 Å². The van der Waals surface area contributed by atoms with Crippen LogP contribution < -0.4 is 11.0 Å². The molecule has 1 saturated heterocycles. The molecule has 1 fully saturated rings. The Balaban J connectivity index is 1.64. The summed E-state index contributed by atoms with van der Waals surface area (Å²) < 4.78 is 41.3. The lowest BCUT2D eigenvalue weighted by Gasteiger charge is -2.15. The second-order valence-electron chi connectivity index (χ2n) is 5.99. The largest absolute Gasteiger partial charge is 0.429 e. The van der Waals surface area contributed by atoms with Crippen molar-refractivity contribution in [2.24, 2.45) is 0 Å². The SMILES string of the molecule is CC(OC(=O)Nc1ccn(C2COC(CO)O2)c(=O)n1)S(=O)(=O)c1ccccc1. The van der Waals surface area contributed by atoms with Crippen LogP contribution in [0.25, 0.3) is 0 Å². The van der Waals surface area contributed by atoms with Gasteiger partial charge in [0.05, 0.1) is 18.1 Å². The lowest BCUT2D eigenvalue weighted by molar-refractivity contribution is -0.0992. The number of aliphatic hydroxyl groups excluding tert-OH is 1. The molecule has 0 spiro atoms. The van der Waals surface area contributed by atoms with E-state index >= 15 is 0 Å². The van der Waals surface area contributed by atoms with Crippen molar-refractivity contribution < 1.29 is 32.5 Å². The zero-order chi connectivity index (χ0) is 21.0. The number of nitrogens with one attached hydrogen (secondary N) is 1. The molecule has 2 aromatic rings. The molecule has 3 unspecified atom stereocenters. The van der Waals surface area contributed by atoms with Gasteiger partial charge in [0.1, 0.15) is 5.82 Å². The number of anilines is 1. The number of nitrogens with zero attached hydrogens (tertiary/aromatic N) is 2. The molecule has 29 heavy (non-hydrogen) atoms. The summed E-state index contributed by atoms with van der Waals surface area (Å²) >= 11 is 0. The van der Waals surface area contributed by atoms with Crippen molar-refractivity contribution in [3.63, 3.8) is 0 Å². The molecular formula is C17H19N3O8S. The Morgan fingerprint density at radius 2 is 2.10 bits per heavy atom. The van der Waals surface area contributed by atoms with Crippen LogP contribution >= 0.6 is 0 Å². The Morgan fingerprint density at radius 3 is 2.72 bits per heavy atom. The van der Waals surface area contributed by atoms with Crippen LogP contribution in [0.2, 0.25) is 0 Å². The number of amides is 1. The van der Waals surface area contributed by atoms with E-state index in [1.165, 1.54) is 31.3 Å². The molecule has 0 aliphatic carbocycles. The first-order chi connectivity index (χ1) is 13.8.